The normalized spacial score (nSPS) is 16.4. The van der Waals surface area contributed by atoms with Crippen LogP contribution in [0.5, 0.6) is 0 Å². The van der Waals surface area contributed by atoms with Crippen LogP contribution in [0.4, 0.5) is 0 Å². The average Bonchev–Trinajstić information content (AvgIpc) is 3.37. The number of aromatic nitrogens is 2. The molecule has 2 aromatic heterocycles. The number of thiophene rings is 1. The summed E-state index contributed by atoms with van der Waals surface area (Å²) in [7, 11) is 0. The smallest absolute Gasteiger partial charge is 0.264 e. The highest BCUT2D eigenvalue weighted by molar-refractivity contribution is 7.13. The largest absolute Gasteiger partial charge is 0.337 e. The number of hydrogen-bond acceptors (Lipinski definition) is 6. The van der Waals surface area contributed by atoms with Crippen LogP contribution < -0.4 is 0 Å². The van der Waals surface area contributed by atoms with Gasteiger partial charge in [0.05, 0.1) is 10.9 Å². The lowest BCUT2D eigenvalue weighted by Crippen LogP contribution is -2.49. The minimum atomic E-state index is 0.0243. The number of hydrogen-bond donors (Lipinski definition) is 0. The van der Waals surface area contributed by atoms with Crippen molar-refractivity contribution in [3.63, 3.8) is 0 Å². The standard InChI is InChI=1S/C20H22N4O2S/c1-14-8-9-17(27-14)20(25)24-12-10-23(11-13-24)15(2)19-21-18(22-26-19)16-6-4-3-5-7-16/h3-9,15H,10-13H2,1-2H3. The van der Waals surface area contributed by atoms with E-state index >= 15 is 0 Å². The summed E-state index contributed by atoms with van der Waals surface area (Å²) in [5.41, 5.74) is 0.946. The van der Waals surface area contributed by atoms with Gasteiger partial charge in [0.15, 0.2) is 0 Å². The van der Waals surface area contributed by atoms with Crippen molar-refractivity contribution in [1.29, 1.82) is 0 Å². The monoisotopic (exact) mass is 382 g/mol. The van der Waals surface area contributed by atoms with Gasteiger partial charge in [0.1, 0.15) is 0 Å². The Kier molecular flexibility index (Phi) is 5.05. The van der Waals surface area contributed by atoms with Crippen molar-refractivity contribution in [2.45, 2.75) is 19.9 Å². The van der Waals surface area contributed by atoms with E-state index < -0.39 is 0 Å². The van der Waals surface area contributed by atoms with Gasteiger partial charge in [-0.25, -0.2) is 0 Å². The van der Waals surface area contributed by atoms with Crippen molar-refractivity contribution < 1.29 is 9.32 Å². The molecule has 0 bridgehead atoms. The van der Waals surface area contributed by atoms with Gasteiger partial charge in [0.2, 0.25) is 11.7 Å². The Morgan fingerprint density at radius 3 is 2.52 bits per heavy atom. The minimum absolute atomic E-state index is 0.0243. The third kappa shape index (κ3) is 3.79. The molecule has 3 heterocycles. The Labute approximate surface area is 162 Å². The lowest BCUT2D eigenvalue weighted by atomic mass is 10.2. The first-order valence-corrected chi connectivity index (χ1v) is 9.92. The number of piperazine rings is 1. The van der Waals surface area contributed by atoms with Crippen molar-refractivity contribution >= 4 is 17.2 Å². The second-order valence-corrected chi connectivity index (χ2v) is 8.02. The van der Waals surface area contributed by atoms with E-state index in [1.807, 2.05) is 54.3 Å². The molecule has 0 aliphatic carbocycles. The lowest BCUT2D eigenvalue weighted by molar-refractivity contribution is 0.0556. The Morgan fingerprint density at radius 1 is 1.11 bits per heavy atom. The second kappa shape index (κ2) is 7.62. The van der Waals surface area contributed by atoms with Crippen LogP contribution in [0, 0.1) is 6.92 Å². The first-order chi connectivity index (χ1) is 13.1. The Balaban J connectivity index is 1.38. The first-order valence-electron chi connectivity index (χ1n) is 9.10. The molecule has 3 aromatic rings. The molecule has 0 saturated carbocycles. The fourth-order valence-electron chi connectivity index (χ4n) is 3.28. The van der Waals surface area contributed by atoms with Crippen molar-refractivity contribution in [1.82, 2.24) is 19.9 Å². The van der Waals surface area contributed by atoms with Crippen LogP contribution in [0.3, 0.4) is 0 Å². The fraction of sp³-hybridized carbons (Fsp3) is 0.350. The Hall–Kier alpha value is -2.51. The molecule has 0 spiro atoms. The summed E-state index contributed by atoms with van der Waals surface area (Å²) in [6.45, 7) is 7.10. The molecule has 1 saturated heterocycles. The zero-order valence-electron chi connectivity index (χ0n) is 15.5. The van der Waals surface area contributed by atoms with Gasteiger partial charge in [-0.1, -0.05) is 35.5 Å². The molecule has 140 valence electrons. The molecule has 1 amide bonds. The number of aryl methyl sites for hydroxylation is 1. The molecule has 1 aliphatic heterocycles. The summed E-state index contributed by atoms with van der Waals surface area (Å²) in [5, 5.41) is 4.11. The summed E-state index contributed by atoms with van der Waals surface area (Å²) in [4.78, 5) is 23.4. The van der Waals surface area contributed by atoms with Crippen LogP contribution in [-0.2, 0) is 0 Å². The summed E-state index contributed by atoms with van der Waals surface area (Å²) >= 11 is 1.56. The maximum Gasteiger partial charge on any atom is 0.264 e. The molecule has 1 aliphatic rings. The fourth-order valence-corrected chi connectivity index (χ4v) is 4.12. The van der Waals surface area contributed by atoms with E-state index in [2.05, 4.69) is 22.0 Å². The summed E-state index contributed by atoms with van der Waals surface area (Å²) < 4.78 is 5.50. The molecule has 4 rings (SSSR count). The highest BCUT2D eigenvalue weighted by Crippen LogP contribution is 2.24. The predicted molar refractivity (Wildman–Crippen MR) is 105 cm³/mol. The van der Waals surface area contributed by atoms with Crippen LogP contribution in [0.25, 0.3) is 11.4 Å². The topological polar surface area (TPSA) is 62.5 Å². The van der Waals surface area contributed by atoms with E-state index in [0.29, 0.717) is 24.8 Å². The van der Waals surface area contributed by atoms with Crippen molar-refractivity contribution in [2.24, 2.45) is 0 Å². The first kappa shape index (κ1) is 17.9. The molecule has 1 aromatic carbocycles. The maximum absolute atomic E-state index is 12.6. The quantitative estimate of drug-likeness (QED) is 0.690. The van der Waals surface area contributed by atoms with Crippen LogP contribution >= 0.6 is 11.3 Å². The number of amides is 1. The molecular weight excluding hydrogens is 360 g/mol. The zero-order valence-corrected chi connectivity index (χ0v) is 16.3. The number of rotatable bonds is 4. The zero-order chi connectivity index (χ0) is 18.8. The third-order valence-electron chi connectivity index (χ3n) is 4.93. The lowest BCUT2D eigenvalue weighted by Gasteiger charge is -2.36. The summed E-state index contributed by atoms with van der Waals surface area (Å²) in [6, 6.07) is 13.8. The van der Waals surface area contributed by atoms with Gasteiger partial charge in [0.25, 0.3) is 5.91 Å². The molecule has 1 fully saturated rings. The van der Waals surface area contributed by atoms with E-state index in [1.165, 1.54) is 0 Å². The third-order valence-corrected chi connectivity index (χ3v) is 5.92. The second-order valence-electron chi connectivity index (χ2n) is 6.74. The van der Waals surface area contributed by atoms with E-state index in [0.717, 1.165) is 28.4 Å². The molecular formula is C20H22N4O2S. The average molecular weight is 382 g/mol. The molecule has 0 radical (unpaired) electrons. The SMILES string of the molecule is Cc1ccc(C(=O)N2CCN(C(C)c3nc(-c4ccccc4)no3)CC2)s1. The van der Waals surface area contributed by atoms with Gasteiger partial charge < -0.3 is 9.42 Å². The van der Waals surface area contributed by atoms with Gasteiger partial charge in [-0.05, 0) is 26.0 Å². The summed E-state index contributed by atoms with van der Waals surface area (Å²) in [5.74, 6) is 1.35. The van der Waals surface area contributed by atoms with Gasteiger partial charge in [-0.15, -0.1) is 11.3 Å². The maximum atomic E-state index is 12.6. The molecule has 0 N–H and O–H groups in total. The highest BCUT2D eigenvalue weighted by atomic mass is 32.1. The van der Waals surface area contributed by atoms with Crippen molar-refractivity contribution in [3.8, 4) is 11.4 Å². The number of carbonyl (C=O) groups excluding carboxylic acids is 1. The van der Waals surface area contributed by atoms with E-state index in [1.54, 1.807) is 11.3 Å². The molecule has 1 atom stereocenters. The van der Waals surface area contributed by atoms with Crippen molar-refractivity contribution in [2.75, 3.05) is 26.2 Å². The predicted octanol–water partition coefficient (Wildman–Crippen LogP) is 3.63. The summed E-state index contributed by atoms with van der Waals surface area (Å²) in [6.07, 6.45) is 0. The van der Waals surface area contributed by atoms with E-state index in [9.17, 15) is 4.79 Å². The Morgan fingerprint density at radius 2 is 1.85 bits per heavy atom. The van der Waals surface area contributed by atoms with Gasteiger partial charge in [-0.3, -0.25) is 9.69 Å². The highest BCUT2D eigenvalue weighted by Gasteiger charge is 2.28. The Bertz CT molecular complexity index is 913. The molecule has 27 heavy (non-hydrogen) atoms. The van der Waals surface area contributed by atoms with E-state index in [4.69, 9.17) is 4.52 Å². The van der Waals surface area contributed by atoms with Crippen molar-refractivity contribution in [3.05, 3.63) is 58.1 Å². The molecule has 6 nitrogen and oxygen atoms in total. The molecule has 1 unspecified atom stereocenters. The number of benzene rings is 1. The van der Waals surface area contributed by atoms with Gasteiger partial charge in [0, 0.05) is 36.6 Å². The van der Waals surface area contributed by atoms with Crippen LogP contribution in [0.15, 0.2) is 47.0 Å². The van der Waals surface area contributed by atoms with Crippen LogP contribution in [0.1, 0.15) is 33.4 Å². The van der Waals surface area contributed by atoms with Gasteiger partial charge >= 0.3 is 0 Å². The number of nitrogens with zero attached hydrogens (tertiary/aromatic N) is 4. The van der Waals surface area contributed by atoms with Gasteiger partial charge in [-0.2, -0.15) is 4.98 Å². The minimum Gasteiger partial charge on any atom is -0.337 e. The van der Waals surface area contributed by atoms with Crippen LogP contribution in [-0.4, -0.2) is 52.0 Å². The number of carbonyl (C=O) groups is 1. The van der Waals surface area contributed by atoms with Crippen LogP contribution in [0.2, 0.25) is 0 Å². The van der Waals surface area contributed by atoms with E-state index in [-0.39, 0.29) is 11.9 Å². The molecule has 7 heteroatoms.